The number of piperidine rings is 1. The minimum atomic E-state index is 0.383. The minimum Gasteiger partial charge on any atom is -0.367 e. The first-order valence-corrected chi connectivity index (χ1v) is 11.0. The van der Waals surface area contributed by atoms with Crippen LogP contribution in [0.3, 0.4) is 0 Å². The second-order valence-corrected chi connectivity index (χ2v) is 8.34. The van der Waals surface area contributed by atoms with E-state index in [1.165, 1.54) is 0 Å². The number of fused-ring (bicyclic) bond motifs is 1. The van der Waals surface area contributed by atoms with Crippen molar-refractivity contribution in [2.75, 3.05) is 18.4 Å². The summed E-state index contributed by atoms with van der Waals surface area (Å²) in [5.74, 6) is 0.808. The molecule has 0 aliphatic carbocycles. The smallest absolute Gasteiger partial charge is 0.165 e. The summed E-state index contributed by atoms with van der Waals surface area (Å²) in [6.45, 7) is 3.91. The number of aryl methyl sites for hydroxylation is 1. The number of halogens is 1. The number of anilines is 1. The topological polar surface area (TPSA) is 90.9 Å². The van der Waals surface area contributed by atoms with E-state index in [0.717, 1.165) is 54.1 Å². The monoisotopic (exact) mass is 443 g/mol. The summed E-state index contributed by atoms with van der Waals surface area (Å²) in [6.07, 6.45) is 4.02. The normalized spacial score (nSPS) is 14.4. The zero-order chi connectivity index (χ0) is 22.1. The van der Waals surface area contributed by atoms with E-state index in [4.69, 9.17) is 21.7 Å². The van der Waals surface area contributed by atoms with E-state index in [-0.39, 0.29) is 0 Å². The van der Waals surface area contributed by atoms with E-state index < -0.39 is 0 Å². The van der Waals surface area contributed by atoms with Crippen molar-refractivity contribution < 1.29 is 0 Å². The van der Waals surface area contributed by atoms with Gasteiger partial charge in [0.15, 0.2) is 5.65 Å². The molecular weight excluding hydrogens is 422 g/mol. The molecule has 1 aromatic carbocycles. The zero-order valence-electron chi connectivity index (χ0n) is 17.6. The molecule has 1 aliphatic rings. The molecule has 160 valence electrons. The quantitative estimate of drug-likeness (QED) is 0.452. The first-order valence-electron chi connectivity index (χ1n) is 10.6. The molecular formula is C24H22ClN7. The van der Waals surface area contributed by atoms with Gasteiger partial charge in [-0.15, -0.1) is 0 Å². The lowest BCUT2D eigenvalue weighted by atomic mass is 9.98. The molecule has 8 heteroatoms. The van der Waals surface area contributed by atoms with Gasteiger partial charge in [-0.1, -0.05) is 29.8 Å². The van der Waals surface area contributed by atoms with Gasteiger partial charge in [-0.3, -0.25) is 0 Å². The predicted molar refractivity (Wildman–Crippen MR) is 126 cm³/mol. The number of hydrogen-bond donors (Lipinski definition) is 2. The van der Waals surface area contributed by atoms with Gasteiger partial charge in [-0.2, -0.15) is 10.4 Å². The number of benzene rings is 1. The Hall–Kier alpha value is -3.47. The van der Waals surface area contributed by atoms with E-state index >= 15 is 0 Å². The van der Waals surface area contributed by atoms with Gasteiger partial charge in [0.05, 0.1) is 17.2 Å². The Kier molecular flexibility index (Phi) is 5.48. The standard InChI is InChI=1S/C24H22ClN7/c1-15-12-17(13-20(25)28-15)22-23(19-5-3-2-4-16(19)14-26)31-32-11-8-21(30-24(22)32)29-18-6-9-27-10-7-18/h2-5,8,11-13,18,27H,6-7,9-10H2,1H3,(H,29,30). The largest absolute Gasteiger partial charge is 0.367 e. The number of aromatic nitrogens is 4. The molecule has 4 heterocycles. The molecule has 7 nitrogen and oxygen atoms in total. The highest BCUT2D eigenvalue weighted by Crippen LogP contribution is 2.37. The molecule has 2 N–H and O–H groups in total. The van der Waals surface area contributed by atoms with Crippen LogP contribution >= 0.6 is 11.6 Å². The highest BCUT2D eigenvalue weighted by atomic mass is 35.5. The van der Waals surface area contributed by atoms with Crippen LogP contribution in [-0.2, 0) is 0 Å². The van der Waals surface area contributed by atoms with Gasteiger partial charge in [0, 0.05) is 23.5 Å². The number of rotatable bonds is 4. The van der Waals surface area contributed by atoms with E-state index in [1.807, 2.05) is 49.5 Å². The molecule has 32 heavy (non-hydrogen) atoms. The van der Waals surface area contributed by atoms with Crippen LogP contribution < -0.4 is 10.6 Å². The zero-order valence-corrected chi connectivity index (χ0v) is 18.4. The Morgan fingerprint density at radius 3 is 2.75 bits per heavy atom. The van der Waals surface area contributed by atoms with Crippen molar-refractivity contribution in [1.29, 1.82) is 5.26 Å². The predicted octanol–water partition coefficient (Wildman–Crippen LogP) is 4.46. The molecule has 0 radical (unpaired) electrons. The van der Waals surface area contributed by atoms with Crippen LogP contribution in [0.15, 0.2) is 48.7 Å². The fourth-order valence-electron chi connectivity index (χ4n) is 4.20. The maximum absolute atomic E-state index is 9.68. The van der Waals surface area contributed by atoms with Crippen molar-refractivity contribution >= 4 is 23.1 Å². The van der Waals surface area contributed by atoms with Gasteiger partial charge in [0.1, 0.15) is 16.7 Å². The summed E-state index contributed by atoms with van der Waals surface area (Å²) in [6, 6.07) is 15.9. The van der Waals surface area contributed by atoms with Crippen LogP contribution in [0, 0.1) is 18.3 Å². The van der Waals surface area contributed by atoms with E-state index in [1.54, 1.807) is 10.6 Å². The maximum Gasteiger partial charge on any atom is 0.165 e. The van der Waals surface area contributed by atoms with Crippen LogP contribution in [0.4, 0.5) is 5.82 Å². The van der Waals surface area contributed by atoms with Crippen molar-refractivity contribution in [3.63, 3.8) is 0 Å². The Morgan fingerprint density at radius 2 is 1.97 bits per heavy atom. The van der Waals surface area contributed by atoms with E-state index in [0.29, 0.717) is 28.1 Å². The fraction of sp³-hybridized carbons (Fsp3) is 0.250. The summed E-state index contributed by atoms with van der Waals surface area (Å²) < 4.78 is 1.76. The minimum absolute atomic E-state index is 0.383. The van der Waals surface area contributed by atoms with Crippen molar-refractivity contribution in [2.24, 2.45) is 0 Å². The molecule has 1 saturated heterocycles. The van der Waals surface area contributed by atoms with Gasteiger partial charge in [-0.05, 0) is 62.7 Å². The lowest BCUT2D eigenvalue weighted by Crippen LogP contribution is -2.35. The van der Waals surface area contributed by atoms with Crippen LogP contribution in [-0.4, -0.2) is 38.7 Å². The third-order valence-electron chi connectivity index (χ3n) is 5.69. The van der Waals surface area contributed by atoms with Crippen molar-refractivity contribution in [2.45, 2.75) is 25.8 Å². The Bertz CT molecular complexity index is 1310. The molecule has 4 aromatic rings. The van der Waals surface area contributed by atoms with Crippen molar-refractivity contribution in [1.82, 2.24) is 24.9 Å². The second kappa shape index (κ2) is 8.58. The van der Waals surface area contributed by atoms with Gasteiger partial charge in [0.25, 0.3) is 0 Å². The first-order chi connectivity index (χ1) is 15.6. The molecule has 1 fully saturated rings. The molecule has 3 aromatic heterocycles. The molecule has 0 bridgehead atoms. The summed E-state index contributed by atoms with van der Waals surface area (Å²) in [5.41, 5.74) is 5.20. The SMILES string of the molecule is Cc1cc(-c2c(-c3ccccc3C#N)nn3ccc(NC4CCNCC4)nc23)cc(Cl)n1. The molecule has 0 spiro atoms. The third kappa shape index (κ3) is 3.91. The Labute approximate surface area is 191 Å². The highest BCUT2D eigenvalue weighted by Gasteiger charge is 2.21. The maximum atomic E-state index is 9.68. The number of nitriles is 1. The Morgan fingerprint density at radius 1 is 1.16 bits per heavy atom. The number of pyridine rings is 1. The van der Waals surface area contributed by atoms with E-state index in [2.05, 4.69) is 21.7 Å². The summed E-state index contributed by atoms with van der Waals surface area (Å²) in [5, 5.41) is 21.9. The average molecular weight is 444 g/mol. The molecule has 0 unspecified atom stereocenters. The van der Waals surface area contributed by atoms with E-state index in [9.17, 15) is 5.26 Å². The van der Waals surface area contributed by atoms with Crippen molar-refractivity contribution in [3.8, 4) is 28.5 Å². The molecule has 1 aliphatic heterocycles. The van der Waals surface area contributed by atoms with Crippen LogP contribution in [0.1, 0.15) is 24.1 Å². The average Bonchev–Trinajstić information content (AvgIpc) is 3.18. The lowest BCUT2D eigenvalue weighted by molar-refractivity contribution is 0.478. The number of hydrogen-bond acceptors (Lipinski definition) is 6. The molecule has 0 atom stereocenters. The summed E-state index contributed by atoms with van der Waals surface area (Å²) in [4.78, 5) is 9.23. The van der Waals surface area contributed by atoms with Crippen molar-refractivity contribution in [3.05, 3.63) is 65.1 Å². The lowest BCUT2D eigenvalue weighted by Gasteiger charge is -2.24. The fourth-order valence-corrected chi connectivity index (χ4v) is 4.45. The Balaban J connectivity index is 1.71. The van der Waals surface area contributed by atoms with Gasteiger partial charge >= 0.3 is 0 Å². The number of nitrogens with zero attached hydrogens (tertiary/aromatic N) is 5. The third-order valence-corrected chi connectivity index (χ3v) is 5.88. The highest BCUT2D eigenvalue weighted by molar-refractivity contribution is 6.29. The number of nitrogens with one attached hydrogen (secondary N) is 2. The molecule has 5 rings (SSSR count). The van der Waals surface area contributed by atoms with Gasteiger partial charge in [-0.25, -0.2) is 14.5 Å². The second-order valence-electron chi connectivity index (χ2n) is 7.95. The molecule has 0 amide bonds. The van der Waals surface area contributed by atoms with Crippen LogP contribution in [0.5, 0.6) is 0 Å². The van der Waals surface area contributed by atoms with Crippen LogP contribution in [0.25, 0.3) is 28.0 Å². The van der Waals surface area contributed by atoms with Gasteiger partial charge < -0.3 is 10.6 Å². The van der Waals surface area contributed by atoms with Gasteiger partial charge in [0.2, 0.25) is 0 Å². The summed E-state index contributed by atoms with van der Waals surface area (Å²) >= 11 is 6.31. The first kappa shape index (κ1) is 20.4. The summed E-state index contributed by atoms with van der Waals surface area (Å²) in [7, 11) is 0. The molecule has 0 saturated carbocycles. The van der Waals surface area contributed by atoms with Crippen LogP contribution in [0.2, 0.25) is 5.15 Å².